The lowest BCUT2D eigenvalue weighted by Gasteiger charge is -2.18. The Morgan fingerprint density at radius 3 is 2.96 bits per heavy atom. The van der Waals surface area contributed by atoms with Crippen LogP contribution in [-0.2, 0) is 13.0 Å². The Kier molecular flexibility index (Phi) is 7.53. The second-order valence-corrected chi connectivity index (χ2v) is 6.00. The number of ether oxygens (including phenoxy) is 1. The highest BCUT2D eigenvalue weighted by molar-refractivity contribution is 6.30. The SMILES string of the molecule is CCc1nncn1CCNC(=NC)NCC(C)Oc1cccc(Cl)c1. The van der Waals surface area contributed by atoms with Crippen molar-refractivity contribution in [2.75, 3.05) is 20.1 Å². The van der Waals surface area contributed by atoms with Gasteiger partial charge in [-0.25, -0.2) is 0 Å². The highest BCUT2D eigenvalue weighted by Crippen LogP contribution is 2.18. The van der Waals surface area contributed by atoms with Crippen molar-refractivity contribution in [3.05, 3.63) is 41.4 Å². The summed E-state index contributed by atoms with van der Waals surface area (Å²) >= 11 is 5.96. The van der Waals surface area contributed by atoms with Crippen LogP contribution in [-0.4, -0.2) is 47.0 Å². The Balaban J connectivity index is 1.72. The molecule has 1 atom stereocenters. The van der Waals surface area contributed by atoms with E-state index in [-0.39, 0.29) is 6.10 Å². The van der Waals surface area contributed by atoms with Crippen molar-refractivity contribution < 1.29 is 4.74 Å². The third kappa shape index (κ3) is 6.26. The minimum Gasteiger partial charge on any atom is -0.489 e. The maximum atomic E-state index is 5.96. The number of aromatic nitrogens is 3. The van der Waals surface area contributed by atoms with Crippen LogP contribution in [0.3, 0.4) is 0 Å². The normalized spacial score (nSPS) is 12.7. The Bertz CT molecular complexity index is 687. The number of rotatable bonds is 8. The maximum Gasteiger partial charge on any atom is 0.191 e. The second kappa shape index (κ2) is 9.88. The van der Waals surface area contributed by atoms with Gasteiger partial charge >= 0.3 is 0 Å². The van der Waals surface area contributed by atoms with Crippen LogP contribution >= 0.6 is 11.6 Å². The molecule has 0 aliphatic rings. The van der Waals surface area contributed by atoms with Crippen LogP contribution in [0, 0.1) is 0 Å². The number of hydrogen-bond acceptors (Lipinski definition) is 4. The number of aliphatic imine (C=N–C) groups is 1. The topological polar surface area (TPSA) is 76.4 Å². The van der Waals surface area contributed by atoms with Gasteiger partial charge in [0.15, 0.2) is 5.96 Å². The summed E-state index contributed by atoms with van der Waals surface area (Å²) in [4.78, 5) is 4.22. The van der Waals surface area contributed by atoms with Crippen molar-refractivity contribution in [2.45, 2.75) is 32.9 Å². The van der Waals surface area contributed by atoms with E-state index in [2.05, 4.69) is 32.7 Å². The number of aryl methyl sites for hydroxylation is 1. The fourth-order valence-electron chi connectivity index (χ4n) is 2.31. The lowest BCUT2D eigenvalue weighted by Crippen LogP contribution is -2.42. The van der Waals surface area contributed by atoms with E-state index in [1.807, 2.05) is 29.7 Å². The maximum absolute atomic E-state index is 5.96. The Morgan fingerprint density at radius 1 is 1.40 bits per heavy atom. The molecule has 136 valence electrons. The van der Waals surface area contributed by atoms with Gasteiger partial charge in [0.05, 0.1) is 6.54 Å². The molecule has 2 rings (SSSR count). The van der Waals surface area contributed by atoms with Gasteiger partial charge in [-0.15, -0.1) is 10.2 Å². The van der Waals surface area contributed by atoms with Gasteiger partial charge in [-0.05, 0) is 25.1 Å². The molecule has 0 radical (unpaired) electrons. The highest BCUT2D eigenvalue weighted by Gasteiger charge is 2.07. The van der Waals surface area contributed by atoms with Gasteiger partial charge in [-0.1, -0.05) is 24.6 Å². The van der Waals surface area contributed by atoms with Gasteiger partial charge in [0.25, 0.3) is 0 Å². The van der Waals surface area contributed by atoms with Gasteiger partial charge in [-0.2, -0.15) is 0 Å². The van der Waals surface area contributed by atoms with E-state index in [1.165, 1.54) is 0 Å². The molecule has 2 N–H and O–H groups in total. The summed E-state index contributed by atoms with van der Waals surface area (Å²) in [6.07, 6.45) is 2.59. The second-order valence-electron chi connectivity index (χ2n) is 5.56. The summed E-state index contributed by atoms with van der Waals surface area (Å²) in [7, 11) is 1.74. The van der Waals surface area contributed by atoms with Gasteiger partial charge in [0.1, 0.15) is 24.0 Å². The van der Waals surface area contributed by atoms with E-state index >= 15 is 0 Å². The standard InChI is InChI=1S/C17H25ClN6O/c1-4-16-23-22-12-24(16)9-8-20-17(19-3)21-11-13(2)25-15-7-5-6-14(18)10-15/h5-7,10,12-13H,4,8-9,11H2,1-3H3,(H2,19,20,21). The molecule has 0 amide bonds. The van der Waals surface area contributed by atoms with E-state index in [9.17, 15) is 0 Å². The summed E-state index contributed by atoms with van der Waals surface area (Å²) in [5.41, 5.74) is 0. The Labute approximate surface area is 153 Å². The van der Waals surface area contributed by atoms with E-state index < -0.39 is 0 Å². The molecule has 8 heteroatoms. The molecule has 1 aromatic heterocycles. The molecule has 0 bridgehead atoms. The Hall–Kier alpha value is -2.28. The molecular weight excluding hydrogens is 340 g/mol. The molecule has 0 saturated heterocycles. The first-order valence-corrected chi connectivity index (χ1v) is 8.73. The molecule has 1 heterocycles. The fourth-order valence-corrected chi connectivity index (χ4v) is 2.49. The average Bonchev–Trinajstić information content (AvgIpc) is 3.05. The summed E-state index contributed by atoms with van der Waals surface area (Å²) in [5.74, 6) is 2.46. The van der Waals surface area contributed by atoms with Crippen molar-refractivity contribution in [1.82, 2.24) is 25.4 Å². The predicted molar refractivity (Wildman–Crippen MR) is 100 cm³/mol. The third-order valence-corrected chi connectivity index (χ3v) is 3.81. The van der Waals surface area contributed by atoms with Crippen molar-refractivity contribution >= 4 is 17.6 Å². The highest BCUT2D eigenvalue weighted by atomic mass is 35.5. The largest absolute Gasteiger partial charge is 0.489 e. The van der Waals surface area contributed by atoms with E-state index in [0.717, 1.165) is 37.0 Å². The number of benzene rings is 1. The molecule has 0 spiro atoms. The van der Waals surface area contributed by atoms with Crippen LogP contribution in [0.25, 0.3) is 0 Å². The van der Waals surface area contributed by atoms with Gasteiger partial charge < -0.3 is 19.9 Å². The molecule has 1 aromatic carbocycles. The monoisotopic (exact) mass is 364 g/mol. The van der Waals surface area contributed by atoms with Crippen LogP contribution < -0.4 is 15.4 Å². The molecule has 25 heavy (non-hydrogen) atoms. The zero-order valence-electron chi connectivity index (χ0n) is 14.9. The van der Waals surface area contributed by atoms with Gasteiger partial charge in [-0.3, -0.25) is 4.99 Å². The van der Waals surface area contributed by atoms with Crippen LogP contribution in [0.1, 0.15) is 19.7 Å². The number of nitrogens with one attached hydrogen (secondary N) is 2. The predicted octanol–water partition coefficient (Wildman–Crippen LogP) is 2.13. The average molecular weight is 365 g/mol. The first kappa shape index (κ1) is 19.1. The molecule has 2 aromatic rings. The minimum absolute atomic E-state index is 0.0263. The van der Waals surface area contributed by atoms with Crippen LogP contribution in [0.4, 0.5) is 0 Å². The van der Waals surface area contributed by atoms with Crippen molar-refractivity contribution in [1.29, 1.82) is 0 Å². The minimum atomic E-state index is -0.0263. The molecule has 0 fully saturated rings. The molecular formula is C17H25ClN6O. The molecule has 0 aliphatic carbocycles. The van der Waals surface area contributed by atoms with E-state index in [4.69, 9.17) is 16.3 Å². The summed E-state index contributed by atoms with van der Waals surface area (Å²) < 4.78 is 7.87. The summed E-state index contributed by atoms with van der Waals surface area (Å²) in [6.45, 7) is 6.19. The smallest absolute Gasteiger partial charge is 0.191 e. The lowest BCUT2D eigenvalue weighted by atomic mass is 10.3. The zero-order chi connectivity index (χ0) is 18.1. The number of hydrogen-bond donors (Lipinski definition) is 2. The van der Waals surface area contributed by atoms with Crippen LogP contribution in [0.15, 0.2) is 35.6 Å². The summed E-state index contributed by atoms with van der Waals surface area (Å²) in [5, 5.41) is 15.2. The van der Waals surface area contributed by atoms with Crippen molar-refractivity contribution in [3.8, 4) is 5.75 Å². The first-order chi connectivity index (χ1) is 12.1. The van der Waals surface area contributed by atoms with E-state index in [0.29, 0.717) is 11.6 Å². The summed E-state index contributed by atoms with van der Waals surface area (Å²) in [6, 6.07) is 7.38. The van der Waals surface area contributed by atoms with Crippen molar-refractivity contribution in [3.63, 3.8) is 0 Å². The fraction of sp³-hybridized carbons (Fsp3) is 0.471. The molecule has 0 saturated carbocycles. The van der Waals surface area contributed by atoms with Crippen LogP contribution in [0.2, 0.25) is 5.02 Å². The van der Waals surface area contributed by atoms with Crippen molar-refractivity contribution in [2.24, 2.45) is 4.99 Å². The first-order valence-electron chi connectivity index (χ1n) is 8.35. The molecule has 1 unspecified atom stereocenters. The number of guanidine groups is 1. The van der Waals surface area contributed by atoms with Gasteiger partial charge in [0, 0.05) is 31.6 Å². The Morgan fingerprint density at radius 2 is 2.24 bits per heavy atom. The number of nitrogens with zero attached hydrogens (tertiary/aromatic N) is 4. The molecule has 0 aliphatic heterocycles. The van der Waals surface area contributed by atoms with Gasteiger partial charge in [0.2, 0.25) is 0 Å². The molecule has 7 nitrogen and oxygen atoms in total. The number of halogens is 1. The third-order valence-electron chi connectivity index (χ3n) is 3.57. The van der Waals surface area contributed by atoms with E-state index in [1.54, 1.807) is 19.4 Å². The van der Waals surface area contributed by atoms with Crippen LogP contribution in [0.5, 0.6) is 5.75 Å². The lowest BCUT2D eigenvalue weighted by molar-refractivity contribution is 0.224. The zero-order valence-corrected chi connectivity index (χ0v) is 15.6. The quantitative estimate of drug-likeness (QED) is 0.554.